The molecule has 0 aliphatic heterocycles. The Morgan fingerprint density at radius 1 is 0.718 bits per heavy atom. The first-order chi connectivity index (χ1) is 18.3. The van der Waals surface area contributed by atoms with Gasteiger partial charge in [-0.3, -0.25) is 9.11 Å². The van der Waals surface area contributed by atoms with Crippen LogP contribution >= 0.6 is 47.0 Å². The van der Waals surface area contributed by atoms with Crippen LogP contribution in [0.3, 0.4) is 0 Å². The van der Waals surface area contributed by atoms with E-state index in [-0.39, 0.29) is 15.2 Å². The average Bonchev–Trinajstić information content (AvgIpc) is 3.44. The van der Waals surface area contributed by atoms with E-state index in [0.29, 0.717) is 32.4 Å². The van der Waals surface area contributed by atoms with Crippen LogP contribution in [0.1, 0.15) is 13.8 Å². The number of thioether (sulfide) groups is 4. The van der Waals surface area contributed by atoms with Crippen molar-refractivity contribution in [3.8, 4) is 0 Å². The number of rotatable bonds is 14. The SMILES string of the molecule is CC(C)(CSCCSc1nc2ccc(S(=O)(=O)O)cc2[nH]1)CSCCSc1nc2ccc(S(=O)(=O)O)cc2[nH]1. The molecule has 10 nitrogen and oxygen atoms in total. The van der Waals surface area contributed by atoms with E-state index in [1.807, 2.05) is 23.5 Å². The molecule has 212 valence electrons. The highest BCUT2D eigenvalue weighted by atomic mass is 32.2. The lowest BCUT2D eigenvalue weighted by Gasteiger charge is -2.23. The zero-order valence-corrected chi connectivity index (χ0v) is 26.0. The van der Waals surface area contributed by atoms with Gasteiger partial charge in [-0.2, -0.15) is 40.4 Å². The molecule has 39 heavy (non-hydrogen) atoms. The molecule has 2 aromatic carbocycles. The first-order valence-electron chi connectivity index (χ1n) is 11.7. The van der Waals surface area contributed by atoms with E-state index in [4.69, 9.17) is 0 Å². The number of imidazole rings is 2. The van der Waals surface area contributed by atoms with E-state index in [2.05, 4.69) is 33.8 Å². The molecule has 0 unspecified atom stereocenters. The number of aromatic nitrogens is 4. The molecule has 0 saturated heterocycles. The fourth-order valence-electron chi connectivity index (χ4n) is 3.52. The van der Waals surface area contributed by atoms with Crippen LogP contribution in [0.5, 0.6) is 0 Å². The molecule has 16 heteroatoms. The van der Waals surface area contributed by atoms with E-state index in [1.165, 1.54) is 24.3 Å². The van der Waals surface area contributed by atoms with Gasteiger partial charge in [0.2, 0.25) is 0 Å². The molecule has 0 atom stereocenters. The minimum absolute atomic E-state index is 0.157. The number of benzene rings is 2. The molecule has 0 bridgehead atoms. The highest BCUT2D eigenvalue weighted by Gasteiger charge is 2.18. The number of H-pyrrole nitrogens is 2. The summed E-state index contributed by atoms with van der Waals surface area (Å²) in [6, 6.07) is 8.59. The minimum atomic E-state index is -4.25. The number of nitrogens with one attached hydrogen (secondary N) is 2. The number of fused-ring (bicyclic) bond motifs is 2. The number of hydrogen-bond acceptors (Lipinski definition) is 10. The van der Waals surface area contributed by atoms with Crippen LogP contribution < -0.4 is 0 Å². The minimum Gasteiger partial charge on any atom is -0.333 e. The molecule has 0 saturated carbocycles. The normalized spacial score (nSPS) is 13.0. The van der Waals surface area contributed by atoms with E-state index in [9.17, 15) is 25.9 Å². The van der Waals surface area contributed by atoms with Crippen molar-refractivity contribution < 1.29 is 25.9 Å². The van der Waals surface area contributed by atoms with Crippen molar-refractivity contribution in [3.05, 3.63) is 36.4 Å². The lowest BCUT2D eigenvalue weighted by Crippen LogP contribution is -2.19. The molecule has 0 spiro atoms. The summed E-state index contributed by atoms with van der Waals surface area (Å²) in [6.07, 6.45) is 0. The smallest absolute Gasteiger partial charge is 0.294 e. The van der Waals surface area contributed by atoms with E-state index < -0.39 is 20.2 Å². The van der Waals surface area contributed by atoms with Gasteiger partial charge >= 0.3 is 0 Å². The van der Waals surface area contributed by atoms with E-state index >= 15 is 0 Å². The third kappa shape index (κ3) is 8.79. The molecule has 0 radical (unpaired) electrons. The van der Waals surface area contributed by atoms with Crippen LogP contribution in [0.15, 0.2) is 56.5 Å². The molecule has 0 aliphatic rings. The van der Waals surface area contributed by atoms with Crippen LogP contribution in [0, 0.1) is 5.41 Å². The summed E-state index contributed by atoms with van der Waals surface area (Å²) in [6.45, 7) is 4.51. The zero-order valence-electron chi connectivity index (χ0n) is 21.1. The van der Waals surface area contributed by atoms with E-state index in [1.54, 1.807) is 35.7 Å². The lowest BCUT2D eigenvalue weighted by molar-refractivity contribution is 0.481. The van der Waals surface area contributed by atoms with Crippen LogP contribution in [0.25, 0.3) is 22.1 Å². The summed E-state index contributed by atoms with van der Waals surface area (Å²) >= 11 is 6.93. The Morgan fingerprint density at radius 3 is 1.51 bits per heavy atom. The van der Waals surface area contributed by atoms with Crippen molar-refractivity contribution in [2.45, 2.75) is 34.0 Å². The van der Waals surface area contributed by atoms with E-state index in [0.717, 1.165) is 34.5 Å². The Labute approximate surface area is 244 Å². The van der Waals surface area contributed by atoms with Gasteiger partial charge in [-0.25, -0.2) is 9.97 Å². The second-order valence-corrected chi connectivity index (χ2v) is 16.6. The maximum absolute atomic E-state index is 11.3. The van der Waals surface area contributed by atoms with Gasteiger partial charge in [-0.05, 0) is 53.3 Å². The van der Waals surface area contributed by atoms with Gasteiger partial charge in [-0.15, -0.1) is 0 Å². The van der Waals surface area contributed by atoms with Crippen LogP contribution in [-0.4, -0.2) is 80.4 Å². The monoisotopic (exact) mass is 648 g/mol. The first kappa shape index (κ1) is 30.6. The Hall–Kier alpha value is -1.40. The van der Waals surface area contributed by atoms with Gasteiger partial charge in [0.15, 0.2) is 10.3 Å². The summed E-state index contributed by atoms with van der Waals surface area (Å²) in [4.78, 5) is 14.8. The molecular weight excluding hydrogens is 621 g/mol. The lowest BCUT2D eigenvalue weighted by atomic mass is 10.0. The maximum Gasteiger partial charge on any atom is 0.294 e. The molecule has 4 rings (SSSR count). The summed E-state index contributed by atoms with van der Waals surface area (Å²) in [7, 11) is -8.49. The maximum atomic E-state index is 11.3. The second kappa shape index (κ2) is 12.6. The molecule has 4 N–H and O–H groups in total. The summed E-state index contributed by atoms with van der Waals surface area (Å²) in [5.41, 5.74) is 2.62. The van der Waals surface area contributed by atoms with Crippen molar-refractivity contribution in [2.75, 3.05) is 34.5 Å². The van der Waals surface area contributed by atoms with Crippen molar-refractivity contribution in [2.24, 2.45) is 5.41 Å². The molecule has 0 fully saturated rings. The van der Waals surface area contributed by atoms with Crippen molar-refractivity contribution in [1.29, 1.82) is 0 Å². The third-order valence-corrected chi connectivity index (χ3v) is 12.3. The molecule has 0 aliphatic carbocycles. The number of nitrogens with zero attached hydrogens (tertiary/aromatic N) is 2. The molecule has 4 aromatic rings. The van der Waals surface area contributed by atoms with Crippen molar-refractivity contribution in [1.82, 2.24) is 19.9 Å². The van der Waals surface area contributed by atoms with Gasteiger partial charge in [0.05, 0.1) is 31.9 Å². The predicted octanol–water partition coefficient (Wildman–Crippen LogP) is 5.31. The third-order valence-electron chi connectivity index (χ3n) is 5.38. The predicted molar refractivity (Wildman–Crippen MR) is 162 cm³/mol. The fraction of sp³-hybridized carbons (Fsp3) is 0.391. The van der Waals surface area contributed by atoms with Crippen molar-refractivity contribution >= 4 is 89.4 Å². The quantitative estimate of drug-likeness (QED) is 0.0792. The summed E-state index contributed by atoms with van der Waals surface area (Å²) in [5, 5.41) is 1.43. The number of aromatic amines is 2. The molecule has 2 aromatic heterocycles. The fourth-order valence-corrected chi connectivity index (χ4v) is 8.95. The van der Waals surface area contributed by atoms with Gasteiger partial charge < -0.3 is 9.97 Å². The van der Waals surface area contributed by atoms with Crippen LogP contribution in [0.4, 0.5) is 0 Å². The first-order valence-corrected chi connectivity index (χ1v) is 18.8. The van der Waals surface area contributed by atoms with Gasteiger partial charge in [0, 0.05) is 23.0 Å². The van der Waals surface area contributed by atoms with Gasteiger partial charge in [-0.1, -0.05) is 37.4 Å². The van der Waals surface area contributed by atoms with Gasteiger partial charge in [0.1, 0.15) is 0 Å². The Balaban J connectivity index is 1.13. The second-order valence-electron chi connectivity index (χ2n) is 9.36. The molecular formula is C23H28N4O6S6. The number of hydrogen-bond donors (Lipinski definition) is 4. The average molecular weight is 649 g/mol. The zero-order chi connectivity index (χ0) is 28.3. The Morgan fingerprint density at radius 2 is 1.13 bits per heavy atom. The topological polar surface area (TPSA) is 166 Å². The largest absolute Gasteiger partial charge is 0.333 e. The molecule has 2 heterocycles. The Kier molecular flexibility index (Phi) is 9.90. The van der Waals surface area contributed by atoms with Gasteiger partial charge in [0.25, 0.3) is 20.2 Å². The van der Waals surface area contributed by atoms with Crippen molar-refractivity contribution in [3.63, 3.8) is 0 Å². The highest BCUT2D eigenvalue weighted by Crippen LogP contribution is 2.29. The Bertz CT molecular complexity index is 1540. The summed E-state index contributed by atoms with van der Waals surface area (Å²) in [5.74, 6) is 5.66. The summed E-state index contributed by atoms with van der Waals surface area (Å²) < 4.78 is 63.7. The molecule has 0 amide bonds. The van der Waals surface area contributed by atoms with Crippen LogP contribution in [-0.2, 0) is 20.2 Å². The standard InChI is InChI=1S/C23H28N4O6S6/c1-23(2,13-34-7-9-36-21-24-17-5-3-15(38(28,29)30)11-19(17)26-21)14-35-8-10-37-22-25-18-6-4-16(39(31,32)33)12-20(18)27-22/h3-6,11-12H,7-10,13-14H2,1-2H3,(H,24,26)(H,25,27)(H,28,29,30)(H,31,32,33). The van der Waals surface area contributed by atoms with Crippen LogP contribution in [0.2, 0.25) is 0 Å². The highest BCUT2D eigenvalue weighted by molar-refractivity contribution is 8.03.